The number of hydrogen-bond acceptors (Lipinski definition) is 0. The van der Waals surface area contributed by atoms with Gasteiger partial charge >= 0.3 is 0 Å². The summed E-state index contributed by atoms with van der Waals surface area (Å²) >= 11 is 0. The summed E-state index contributed by atoms with van der Waals surface area (Å²) in [5, 5.41) is 0. The van der Waals surface area contributed by atoms with E-state index in [1.54, 1.807) is 5.56 Å². The van der Waals surface area contributed by atoms with Gasteiger partial charge in [-0.25, -0.2) is 0 Å². The smallest absolute Gasteiger partial charge is 0.00837 e. The molecule has 5 rings (SSSR count). The Balaban J connectivity index is 1.18. The first-order valence-electron chi connectivity index (χ1n) is 9.90. The van der Waals surface area contributed by atoms with Crippen molar-refractivity contribution in [2.75, 3.05) is 0 Å². The summed E-state index contributed by atoms with van der Waals surface area (Å²) in [6.07, 6.45) is 17.8. The van der Waals surface area contributed by atoms with Gasteiger partial charge in [-0.3, -0.25) is 0 Å². The van der Waals surface area contributed by atoms with E-state index in [-0.39, 0.29) is 0 Å². The van der Waals surface area contributed by atoms with Crippen molar-refractivity contribution in [3.63, 3.8) is 0 Å². The highest BCUT2D eigenvalue weighted by atomic mass is 14.5. The van der Waals surface area contributed by atoms with Crippen LogP contribution in [0.1, 0.15) is 72.6 Å². The molecule has 0 nitrogen and oxygen atoms in total. The number of hydrogen-bond donors (Lipinski definition) is 0. The van der Waals surface area contributed by atoms with E-state index < -0.39 is 0 Å². The van der Waals surface area contributed by atoms with Gasteiger partial charge in [-0.15, -0.1) is 0 Å². The molecule has 1 saturated carbocycles. The minimum absolute atomic E-state index is 0.576. The molecule has 0 radical (unpaired) electrons. The third-order valence-electron chi connectivity index (χ3n) is 6.69. The molecule has 0 heterocycles. The Morgan fingerprint density at radius 2 is 1.44 bits per heavy atom. The van der Waals surface area contributed by atoms with Crippen LogP contribution in [0.25, 0.3) is 12.2 Å². The summed E-state index contributed by atoms with van der Waals surface area (Å²) in [6.45, 7) is 0. The average Bonchev–Trinajstić information content (AvgIpc) is 3.13. The summed E-state index contributed by atoms with van der Waals surface area (Å²) in [5.74, 6) is 1.33. The summed E-state index contributed by atoms with van der Waals surface area (Å²) in [4.78, 5) is 0. The van der Waals surface area contributed by atoms with Gasteiger partial charge < -0.3 is 0 Å². The summed E-state index contributed by atoms with van der Waals surface area (Å²) in [7, 11) is 0. The Kier molecular flexibility index (Phi) is 3.66. The second-order valence-corrected chi connectivity index (χ2v) is 8.17. The van der Waals surface area contributed by atoms with Gasteiger partial charge in [-0.1, -0.05) is 85.7 Å². The molecule has 3 aliphatic rings. The molecule has 25 heavy (non-hydrogen) atoms. The lowest BCUT2D eigenvalue weighted by atomic mass is 9.81. The highest BCUT2D eigenvalue weighted by Crippen LogP contribution is 2.61. The van der Waals surface area contributed by atoms with Crippen LogP contribution in [0.15, 0.2) is 60.7 Å². The molecule has 0 heteroatoms. The van der Waals surface area contributed by atoms with Crippen molar-refractivity contribution >= 4 is 12.2 Å². The van der Waals surface area contributed by atoms with E-state index in [4.69, 9.17) is 0 Å². The SMILES string of the molecule is C1=CC(CCCCC2(C3C=Cc4ccccc43)CC2)c2ccccc21. The monoisotopic (exact) mass is 326 g/mol. The van der Waals surface area contributed by atoms with Gasteiger partial charge in [-0.05, 0) is 53.4 Å². The van der Waals surface area contributed by atoms with E-state index >= 15 is 0 Å². The molecule has 2 unspecified atom stereocenters. The molecule has 0 aromatic heterocycles. The molecule has 0 amide bonds. The molecule has 126 valence electrons. The molecule has 0 saturated heterocycles. The van der Waals surface area contributed by atoms with E-state index in [9.17, 15) is 0 Å². The lowest BCUT2D eigenvalue weighted by Crippen LogP contribution is -2.11. The lowest BCUT2D eigenvalue weighted by molar-refractivity contribution is 0.397. The van der Waals surface area contributed by atoms with Crippen LogP contribution in [0.4, 0.5) is 0 Å². The number of rotatable bonds is 6. The van der Waals surface area contributed by atoms with Gasteiger partial charge in [-0.2, -0.15) is 0 Å². The van der Waals surface area contributed by atoms with Crippen molar-refractivity contribution in [3.8, 4) is 0 Å². The maximum absolute atomic E-state index is 2.48. The van der Waals surface area contributed by atoms with E-state index in [0.29, 0.717) is 17.3 Å². The van der Waals surface area contributed by atoms with Crippen LogP contribution < -0.4 is 0 Å². The fraction of sp³-hybridized carbons (Fsp3) is 0.360. The van der Waals surface area contributed by atoms with Gasteiger partial charge in [0, 0.05) is 11.8 Å². The summed E-state index contributed by atoms with van der Waals surface area (Å²) in [6, 6.07) is 17.9. The Morgan fingerprint density at radius 3 is 2.24 bits per heavy atom. The third kappa shape index (κ3) is 2.68. The van der Waals surface area contributed by atoms with E-state index in [0.717, 1.165) is 0 Å². The maximum atomic E-state index is 2.48. The molecule has 0 aliphatic heterocycles. The third-order valence-corrected chi connectivity index (χ3v) is 6.69. The normalized spacial score (nSPS) is 24.3. The summed E-state index contributed by atoms with van der Waals surface area (Å²) in [5.41, 5.74) is 6.57. The molecule has 0 spiro atoms. The predicted octanol–water partition coefficient (Wildman–Crippen LogP) is 6.95. The highest BCUT2D eigenvalue weighted by Gasteiger charge is 2.49. The van der Waals surface area contributed by atoms with Crippen molar-refractivity contribution in [2.24, 2.45) is 5.41 Å². The summed E-state index contributed by atoms with van der Waals surface area (Å²) < 4.78 is 0. The van der Waals surface area contributed by atoms with Crippen LogP contribution in [0.3, 0.4) is 0 Å². The molecule has 3 aliphatic carbocycles. The lowest BCUT2D eigenvalue weighted by Gasteiger charge is -2.23. The van der Waals surface area contributed by atoms with Crippen LogP contribution in [0.2, 0.25) is 0 Å². The minimum Gasteiger partial charge on any atom is -0.0764 e. The second-order valence-electron chi connectivity index (χ2n) is 8.17. The molecule has 0 N–H and O–H groups in total. The molecule has 2 aromatic carbocycles. The standard InChI is InChI=1S/C25H26/c1-3-10-22-19(7-1)12-13-20(22)9-5-6-16-25(17-18-25)24-15-14-21-8-2-4-11-23(21)24/h1-4,7-8,10-15,20,24H,5-6,9,16-18H2. The van der Waals surface area contributed by atoms with Crippen molar-refractivity contribution in [1.82, 2.24) is 0 Å². The Labute approximate surface area is 151 Å². The first-order valence-corrected chi connectivity index (χ1v) is 9.90. The zero-order valence-electron chi connectivity index (χ0n) is 14.8. The topological polar surface area (TPSA) is 0 Å². The molecular formula is C25H26. The van der Waals surface area contributed by atoms with E-state index in [2.05, 4.69) is 72.8 Å². The van der Waals surface area contributed by atoms with Crippen LogP contribution in [-0.2, 0) is 0 Å². The second kappa shape index (κ2) is 6.02. The predicted molar refractivity (Wildman–Crippen MR) is 107 cm³/mol. The van der Waals surface area contributed by atoms with Gasteiger partial charge in [0.1, 0.15) is 0 Å². The van der Waals surface area contributed by atoms with Crippen molar-refractivity contribution in [1.29, 1.82) is 0 Å². The van der Waals surface area contributed by atoms with E-state index in [1.165, 1.54) is 55.2 Å². The molecular weight excluding hydrogens is 300 g/mol. The quantitative estimate of drug-likeness (QED) is 0.504. The maximum Gasteiger partial charge on any atom is 0.00837 e. The first-order chi connectivity index (χ1) is 12.4. The molecule has 2 aromatic rings. The van der Waals surface area contributed by atoms with Crippen LogP contribution >= 0.6 is 0 Å². The zero-order chi connectivity index (χ0) is 16.7. The Hall–Kier alpha value is -2.08. The average molecular weight is 326 g/mol. The van der Waals surface area contributed by atoms with Crippen molar-refractivity contribution in [2.45, 2.75) is 50.4 Å². The fourth-order valence-electron chi connectivity index (χ4n) is 5.08. The van der Waals surface area contributed by atoms with Gasteiger partial charge in [0.25, 0.3) is 0 Å². The number of allylic oxidation sites excluding steroid dienone is 2. The Morgan fingerprint density at radius 1 is 0.760 bits per heavy atom. The molecule has 1 fully saturated rings. The van der Waals surface area contributed by atoms with E-state index in [1.807, 2.05) is 0 Å². The van der Waals surface area contributed by atoms with Crippen molar-refractivity contribution in [3.05, 3.63) is 82.9 Å². The van der Waals surface area contributed by atoms with Gasteiger partial charge in [0.15, 0.2) is 0 Å². The van der Waals surface area contributed by atoms with Crippen LogP contribution in [0.5, 0.6) is 0 Å². The zero-order valence-corrected chi connectivity index (χ0v) is 14.8. The Bertz CT molecular complexity index is 835. The number of fused-ring (bicyclic) bond motifs is 2. The highest BCUT2D eigenvalue weighted by molar-refractivity contribution is 5.63. The van der Waals surface area contributed by atoms with Gasteiger partial charge in [0.05, 0.1) is 0 Å². The van der Waals surface area contributed by atoms with Crippen LogP contribution in [-0.4, -0.2) is 0 Å². The van der Waals surface area contributed by atoms with Crippen molar-refractivity contribution < 1.29 is 0 Å². The fourth-order valence-corrected chi connectivity index (χ4v) is 5.08. The minimum atomic E-state index is 0.576. The largest absolute Gasteiger partial charge is 0.0764 e. The van der Waals surface area contributed by atoms with Gasteiger partial charge in [0.2, 0.25) is 0 Å². The first kappa shape index (κ1) is 15.2. The van der Waals surface area contributed by atoms with Crippen LogP contribution in [0, 0.1) is 5.41 Å². The number of unbranched alkanes of at least 4 members (excludes halogenated alkanes) is 1. The molecule has 0 bridgehead atoms. The molecule has 2 atom stereocenters. The number of benzene rings is 2.